The number of carboxylic acid groups (broad SMARTS) is 1. The van der Waals surface area contributed by atoms with E-state index >= 15 is 4.39 Å². The molecule has 5 rings (SSSR count). The van der Waals surface area contributed by atoms with E-state index in [4.69, 9.17) is 0 Å². The van der Waals surface area contributed by atoms with Crippen LogP contribution in [0.15, 0.2) is 47.7 Å². The summed E-state index contributed by atoms with van der Waals surface area (Å²) in [6.07, 6.45) is 8.30. The maximum atomic E-state index is 15.1. The summed E-state index contributed by atoms with van der Waals surface area (Å²) in [4.78, 5) is 26.2. The van der Waals surface area contributed by atoms with Crippen molar-refractivity contribution in [1.82, 2.24) is 4.57 Å². The first-order valence-corrected chi connectivity index (χ1v) is 10.2. The highest BCUT2D eigenvalue weighted by atomic mass is 19.1. The molecule has 1 aliphatic carbocycles. The van der Waals surface area contributed by atoms with Gasteiger partial charge in [0.1, 0.15) is 18.4 Å². The lowest BCUT2D eigenvalue weighted by atomic mass is 10.0. The van der Waals surface area contributed by atoms with Gasteiger partial charge in [0, 0.05) is 48.3 Å². The smallest absolute Gasteiger partial charge is 0.341 e. The third-order valence-corrected chi connectivity index (χ3v) is 6.23. The number of halogens is 1. The Kier molecular flexibility index (Phi) is 4.34. The first-order chi connectivity index (χ1) is 14.4. The first kappa shape index (κ1) is 18.8. The van der Waals surface area contributed by atoms with Crippen molar-refractivity contribution in [1.29, 1.82) is 0 Å². The average molecular weight is 408 g/mol. The molecule has 0 amide bonds. The number of hydrogen-bond acceptors (Lipinski definition) is 3. The summed E-state index contributed by atoms with van der Waals surface area (Å²) in [5.41, 5.74) is 1.38. The summed E-state index contributed by atoms with van der Waals surface area (Å²) in [7, 11) is 1.99. The summed E-state index contributed by atoms with van der Waals surface area (Å²) < 4.78 is 18.9. The number of carboxylic acids is 1. The van der Waals surface area contributed by atoms with Crippen molar-refractivity contribution in [2.24, 2.45) is 7.05 Å². The summed E-state index contributed by atoms with van der Waals surface area (Å²) in [5.74, 6) is -1.45. The van der Waals surface area contributed by atoms with Gasteiger partial charge in [0.15, 0.2) is 12.4 Å². The largest absolute Gasteiger partial charge is 0.477 e. The van der Waals surface area contributed by atoms with Gasteiger partial charge in [-0.2, -0.15) is 0 Å². The van der Waals surface area contributed by atoms with Gasteiger partial charge in [-0.3, -0.25) is 4.79 Å². The van der Waals surface area contributed by atoms with E-state index in [1.165, 1.54) is 17.8 Å². The van der Waals surface area contributed by atoms with Crippen LogP contribution in [0.4, 0.5) is 10.1 Å². The van der Waals surface area contributed by atoms with Gasteiger partial charge in [-0.1, -0.05) is 0 Å². The minimum Gasteiger partial charge on any atom is -0.477 e. The van der Waals surface area contributed by atoms with Crippen molar-refractivity contribution in [2.45, 2.75) is 31.2 Å². The molecule has 3 aromatic rings. The molecule has 7 heteroatoms. The molecule has 2 fully saturated rings. The number of aromatic nitrogens is 2. The molecule has 1 aliphatic heterocycles. The van der Waals surface area contributed by atoms with Crippen molar-refractivity contribution in [3.8, 4) is 0 Å². The Morgan fingerprint density at radius 3 is 2.77 bits per heavy atom. The molecule has 2 aromatic heterocycles. The van der Waals surface area contributed by atoms with E-state index in [1.807, 2.05) is 33.3 Å². The molecule has 0 bridgehead atoms. The number of benzene rings is 1. The van der Waals surface area contributed by atoms with Crippen molar-refractivity contribution >= 4 is 22.6 Å². The maximum Gasteiger partial charge on any atom is 0.341 e. The summed E-state index contributed by atoms with van der Waals surface area (Å²) in [5, 5.41) is 9.52. The van der Waals surface area contributed by atoms with Crippen LogP contribution < -0.4 is 14.9 Å². The van der Waals surface area contributed by atoms with Gasteiger partial charge in [-0.05, 0) is 37.5 Å². The highest BCUT2D eigenvalue weighted by molar-refractivity contribution is 5.93. The summed E-state index contributed by atoms with van der Waals surface area (Å²) >= 11 is 0. The number of hydrogen-bond donors (Lipinski definition) is 1. The Bertz CT molecular complexity index is 1230. The van der Waals surface area contributed by atoms with Crippen LogP contribution >= 0.6 is 0 Å². The molecule has 1 saturated heterocycles. The van der Waals surface area contributed by atoms with Crippen LogP contribution in [0.5, 0.6) is 0 Å². The molecular weight excluding hydrogens is 385 g/mol. The zero-order chi connectivity index (χ0) is 21.0. The lowest BCUT2D eigenvalue weighted by Gasteiger charge is -2.21. The fraction of sp³-hybridized carbons (Fsp3) is 0.348. The number of rotatable bonds is 4. The van der Waals surface area contributed by atoms with Gasteiger partial charge >= 0.3 is 5.97 Å². The quantitative estimate of drug-likeness (QED) is 0.674. The number of aromatic carboxylic acids is 1. The van der Waals surface area contributed by atoms with Crippen LogP contribution in [-0.2, 0) is 7.05 Å². The van der Waals surface area contributed by atoms with Crippen LogP contribution in [0.3, 0.4) is 0 Å². The SMILES string of the molecule is C[n+]1cccc(C2CCN(c3cc4c(cc3F)c(=O)c(C(=O)O)cn4C3CC3)C2)c1. The Balaban J connectivity index is 1.57. The van der Waals surface area contributed by atoms with Gasteiger partial charge < -0.3 is 14.6 Å². The number of pyridine rings is 2. The second kappa shape index (κ2) is 6.93. The standard InChI is InChI=1S/C23H22FN3O3/c1-25-7-2-3-14(11-25)15-6-8-26(12-15)21-10-20-17(9-19(21)24)22(28)18(23(29)30)13-27(20)16-4-5-16/h2-3,7,9-11,13,15-16H,4-6,8,12H2,1H3/p+1. The van der Waals surface area contributed by atoms with Gasteiger partial charge in [0.25, 0.3) is 0 Å². The van der Waals surface area contributed by atoms with E-state index < -0.39 is 17.2 Å². The fourth-order valence-electron chi connectivity index (χ4n) is 4.51. The first-order valence-electron chi connectivity index (χ1n) is 10.2. The molecule has 1 aromatic carbocycles. The lowest BCUT2D eigenvalue weighted by molar-refractivity contribution is -0.672. The van der Waals surface area contributed by atoms with E-state index in [0.29, 0.717) is 23.7 Å². The van der Waals surface area contributed by atoms with Gasteiger partial charge in [0.05, 0.1) is 11.2 Å². The van der Waals surface area contributed by atoms with Crippen LogP contribution in [0.25, 0.3) is 10.9 Å². The zero-order valence-corrected chi connectivity index (χ0v) is 16.7. The van der Waals surface area contributed by atoms with Gasteiger partial charge in [-0.25, -0.2) is 13.8 Å². The van der Waals surface area contributed by atoms with Gasteiger partial charge in [0.2, 0.25) is 5.43 Å². The third-order valence-electron chi connectivity index (χ3n) is 6.23. The van der Waals surface area contributed by atoms with Gasteiger partial charge in [-0.15, -0.1) is 0 Å². The summed E-state index contributed by atoms with van der Waals surface area (Å²) in [6.45, 7) is 1.43. The fourth-order valence-corrected chi connectivity index (χ4v) is 4.51. The van der Waals surface area contributed by atoms with Crippen molar-refractivity contribution < 1.29 is 18.9 Å². The predicted molar refractivity (Wildman–Crippen MR) is 111 cm³/mol. The Labute approximate surface area is 172 Å². The Morgan fingerprint density at radius 2 is 2.07 bits per heavy atom. The topological polar surface area (TPSA) is 66.4 Å². The lowest BCUT2D eigenvalue weighted by Crippen LogP contribution is -2.28. The zero-order valence-electron chi connectivity index (χ0n) is 16.7. The maximum absolute atomic E-state index is 15.1. The molecule has 154 valence electrons. The van der Waals surface area contributed by atoms with E-state index in [2.05, 4.69) is 12.3 Å². The minimum atomic E-state index is -1.28. The highest BCUT2D eigenvalue weighted by Crippen LogP contribution is 2.39. The molecule has 6 nitrogen and oxygen atoms in total. The molecule has 0 radical (unpaired) electrons. The molecule has 2 aliphatic rings. The molecule has 30 heavy (non-hydrogen) atoms. The number of anilines is 1. The Morgan fingerprint density at radius 1 is 1.27 bits per heavy atom. The minimum absolute atomic E-state index is 0.133. The van der Waals surface area contributed by atoms with E-state index in [-0.39, 0.29) is 17.0 Å². The number of carbonyl (C=O) groups is 1. The molecule has 1 atom stereocenters. The van der Waals surface area contributed by atoms with Crippen molar-refractivity contribution in [3.63, 3.8) is 0 Å². The number of fused-ring (bicyclic) bond motifs is 1. The molecular formula is C23H23FN3O3+. The Hall–Kier alpha value is -3.22. The summed E-state index contributed by atoms with van der Waals surface area (Å²) in [6, 6.07) is 7.23. The normalized spacial score (nSPS) is 18.9. The molecule has 3 heterocycles. The van der Waals surface area contributed by atoms with Crippen LogP contribution in [-0.4, -0.2) is 28.7 Å². The van der Waals surface area contributed by atoms with Crippen molar-refractivity contribution in [3.05, 3.63) is 70.0 Å². The predicted octanol–water partition coefficient (Wildman–Crippen LogP) is 2.99. The monoisotopic (exact) mass is 408 g/mol. The highest BCUT2D eigenvalue weighted by Gasteiger charge is 2.30. The van der Waals surface area contributed by atoms with Crippen molar-refractivity contribution in [2.75, 3.05) is 18.0 Å². The second-order valence-corrected chi connectivity index (χ2v) is 8.37. The average Bonchev–Trinajstić information content (AvgIpc) is 3.44. The van der Waals surface area contributed by atoms with E-state index in [0.717, 1.165) is 25.8 Å². The van der Waals surface area contributed by atoms with Crippen LogP contribution in [0, 0.1) is 5.82 Å². The van der Waals surface area contributed by atoms with Crippen LogP contribution in [0.2, 0.25) is 0 Å². The van der Waals surface area contributed by atoms with Crippen LogP contribution in [0.1, 0.15) is 47.1 Å². The van der Waals surface area contributed by atoms with E-state index in [9.17, 15) is 14.7 Å². The number of aryl methyl sites for hydroxylation is 1. The molecule has 0 spiro atoms. The molecule has 1 N–H and O–H groups in total. The third kappa shape index (κ3) is 3.14. The molecule has 1 saturated carbocycles. The molecule has 1 unspecified atom stereocenters. The van der Waals surface area contributed by atoms with E-state index in [1.54, 1.807) is 6.07 Å². The number of nitrogens with zero attached hydrogens (tertiary/aromatic N) is 3. The second-order valence-electron chi connectivity index (χ2n) is 8.37.